The summed E-state index contributed by atoms with van der Waals surface area (Å²) in [5.74, 6) is 0. The van der Waals surface area contributed by atoms with E-state index in [4.69, 9.17) is 0 Å². The van der Waals surface area contributed by atoms with Crippen LogP contribution in [0.5, 0.6) is 0 Å². The van der Waals surface area contributed by atoms with E-state index in [9.17, 15) is 9.59 Å². The van der Waals surface area contributed by atoms with Gasteiger partial charge in [-0.15, -0.1) is 0 Å². The van der Waals surface area contributed by atoms with E-state index in [0.29, 0.717) is 0 Å². The average molecular weight is 261 g/mol. The van der Waals surface area contributed by atoms with Crippen LogP contribution in [0.1, 0.15) is 30.5 Å². The number of amides is 2. The van der Waals surface area contributed by atoms with E-state index in [1.807, 2.05) is 11.0 Å². The summed E-state index contributed by atoms with van der Waals surface area (Å²) in [7, 11) is 0. The number of hydrogen-bond acceptors (Lipinski definition) is 2. The van der Waals surface area contributed by atoms with Gasteiger partial charge >= 0.3 is 6.03 Å². The quantitative estimate of drug-likeness (QED) is 0.793. The predicted molar refractivity (Wildman–Crippen MR) is 72.2 cm³/mol. The maximum atomic E-state index is 12.0. The maximum Gasteiger partial charge on any atom is 0.317 e. The molecule has 2 N–H and O–H groups in total. The summed E-state index contributed by atoms with van der Waals surface area (Å²) in [6.07, 6.45) is 4.76. The van der Waals surface area contributed by atoms with Gasteiger partial charge in [0.25, 0.3) is 0 Å². The molecule has 2 amide bonds. The second kappa shape index (κ2) is 5.07. The van der Waals surface area contributed by atoms with Crippen molar-refractivity contribution < 1.29 is 4.79 Å². The van der Waals surface area contributed by atoms with Crippen molar-refractivity contribution >= 4 is 6.03 Å². The third-order valence-corrected chi connectivity index (χ3v) is 4.03. The number of aromatic amines is 1. The molecule has 2 aliphatic rings. The van der Waals surface area contributed by atoms with Crippen LogP contribution >= 0.6 is 0 Å². The Balaban J connectivity index is 1.63. The number of nitrogens with one attached hydrogen (secondary N) is 2. The smallest absolute Gasteiger partial charge is 0.317 e. The highest BCUT2D eigenvalue weighted by Crippen LogP contribution is 2.18. The SMILES string of the molecule is O=C(NC1CCc2[nH]c(=O)ccc2C1)N1CCCC1. The standard InChI is InChI=1S/C14H19N3O2/c18-13-6-3-10-9-11(4-5-12(10)16-13)15-14(19)17-7-1-2-8-17/h3,6,11H,1-2,4-5,7-9H2,(H,15,19)(H,16,18). The third kappa shape index (κ3) is 2.64. The first-order chi connectivity index (χ1) is 9.22. The highest BCUT2D eigenvalue weighted by Gasteiger charge is 2.24. The van der Waals surface area contributed by atoms with Crippen molar-refractivity contribution in [2.75, 3.05) is 13.1 Å². The Labute approximate surface area is 112 Å². The molecule has 1 atom stereocenters. The van der Waals surface area contributed by atoms with Crippen molar-refractivity contribution in [3.05, 3.63) is 33.7 Å². The summed E-state index contributed by atoms with van der Waals surface area (Å²) in [5, 5.41) is 3.11. The van der Waals surface area contributed by atoms with Crippen molar-refractivity contribution in [3.63, 3.8) is 0 Å². The Hall–Kier alpha value is -1.78. The summed E-state index contributed by atoms with van der Waals surface area (Å²) in [4.78, 5) is 28.0. The number of H-pyrrole nitrogens is 1. The number of urea groups is 1. The number of carbonyl (C=O) groups excluding carboxylic acids is 1. The number of aryl methyl sites for hydroxylation is 1. The first kappa shape index (κ1) is 12.3. The van der Waals surface area contributed by atoms with Crippen molar-refractivity contribution in [3.8, 4) is 0 Å². The predicted octanol–water partition coefficient (Wildman–Crippen LogP) is 1.04. The van der Waals surface area contributed by atoms with Crippen LogP contribution in [0.3, 0.4) is 0 Å². The molecule has 3 rings (SSSR count). The van der Waals surface area contributed by atoms with Gasteiger partial charge < -0.3 is 15.2 Å². The maximum absolute atomic E-state index is 12.0. The summed E-state index contributed by atoms with van der Waals surface area (Å²) in [5.41, 5.74) is 2.13. The molecule has 0 saturated carbocycles. The number of pyridine rings is 1. The molecule has 19 heavy (non-hydrogen) atoms. The van der Waals surface area contributed by atoms with Gasteiger partial charge in [0.2, 0.25) is 5.56 Å². The van der Waals surface area contributed by atoms with Crippen molar-refractivity contribution in [2.24, 2.45) is 0 Å². The first-order valence-electron chi connectivity index (χ1n) is 6.99. The van der Waals surface area contributed by atoms with Crippen LogP contribution in [0.25, 0.3) is 0 Å². The monoisotopic (exact) mass is 261 g/mol. The normalized spacial score (nSPS) is 22.1. The molecule has 1 aromatic rings. The van der Waals surface area contributed by atoms with Crippen LogP contribution in [0.2, 0.25) is 0 Å². The van der Waals surface area contributed by atoms with Gasteiger partial charge in [-0.1, -0.05) is 6.07 Å². The third-order valence-electron chi connectivity index (χ3n) is 4.03. The van der Waals surface area contributed by atoms with Gasteiger partial charge in [-0.25, -0.2) is 4.79 Å². The molecule has 1 fully saturated rings. The highest BCUT2D eigenvalue weighted by atomic mass is 16.2. The lowest BCUT2D eigenvalue weighted by molar-refractivity contribution is 0.203. The highest BCUT2D eigenvalue weighted by molar-refractivity contribution is 5.74. The Kier molecular flexibility index (Phi) is 3.27. The average Bonchev–Trinajstić information content (AvgIpc) is 2.93. The number of likely N-dealkylation sites (tertiary alicyclic amines) is 1. The van der Waals surface area contributed by atoms with E-state index in [1.54, 1.807) is 6.07 Å². The molecular formula is C14H19N3O2. The Morgan fingerprint density at radius 2 is 2.11 bits per heavy atom. The second-order valence-corrected chi connectivity index (χ2v) is 5.41. The number of aromatic nitrogens is 1. The molecule has 1 aliphatic heterocycles. The number of nitrogens with zero attached hydrogens (tertiary/aromatic N) is 1. The van der Waals surface area contributed by atoms with Gasteiger partial charge in [0.1, 0.15) is 0 Å². The molecule has 5 heteroatoms. The zero-order chi connectivity index (χ0) is 13.2. The van der Waals surface area contributed by atoms with Gasteiger partial charge in [-0.3, -0.25) is 4.79 Å². The number of carbonyl (C=O) groups is 1. The minimum atomic E-state index is -0.0432. The lowest BCUT2D eigenvalue weighted by atomic mass is 9.92. The molecule has 0 radical (unpaired) electrons. The molecule has 1 unspecified atom stereocenters. The molecule has 2 heterocycles. The summed E-state index contributed by atoms with van der Waals surface area (Å²) in [6.45, 7) is 1.75. The molecule has 0 spiro atoms. The van der Waals surface area contributed by atoms with Crippen LogP contribution in [0, 0.1) is 0 Å². The summed E-state index contributed by atoms with van der Waals surface area (Å²) >= 11 is 0. The first-order valence-corrected chi connectivity index (χ1v) is 6.99. The molecule has 102 valence electrons. The van der Waals surface area contributed by atoms with E-state index in [0.717, 1.165) is 56.5 Å². The van der Waals surface area contributed by atoms with Crippen LogP contribution < -0.4 is 10.9 Å². The zero-order valence-corrected chi connectivity index (χ0v) is 10.9. The zero-order valence-electron chi connectivity index (χ0n) is 10.9. The van der Waals surface area contributed by atoms with E-state index >= 15 is 0 Å². The lowest BCUT2D eigenvalue weighted by Gasteiger charge is -2.27. The van der Waals surface area contributed by atoms with Crippen LogP contribution in [0.15, 0.2) is 16.9 Å². The molecule has 0 aromatic carbocycles. The number of fused-ring (bicyclic) bond motifs is 1. The molecule has 1 saturated heterocycles. The van der Waals surface area contributed by atoms with Crippen molar-refractivity contribution in [2.45, 2.75) is 38.1 Å². The lowest BCUT2D eigenvalue weighted by Crippen LogP contribution is -2.45. The van der Waals surface area contributed by atoms with E-state index < -0.39 is 0 Å². The fraction of sp³-hybridized carbons (Fsp3) is 0.571. The van der Waals surface area contributed by atoms with E-state index in [2.05, 4.69) is 10.3 Å². The number of rotatable bonds is 1. The molecule has 5 nitrogen and oxygen atoms in total. The van der Waals surface area contributed by atoms with Gasteiger partial charge in [-0.05, 0) is 37.7 Å². The molecule has 0 bridgehead atoms. The van der Waals surface area contributed by atoms with Crippen LogP contribution in [-0.4, -0.2) is 35.0 Å². The number of hydrogen-bond donors (Lipinski definition) is 2. The van der Waals surface area contributed by atoms with Crippen molar-refractivity contribution in [1.29, 1.82) is 0 Å². The van der Waals surface area contributed by atoms with Gasteiger partial charge in [0.15, 0.2) is 0 Å². The fourth-order valence-corrected chi connectivity index (χ4v) is 2.96. The largest absolute Gasteiger partial charge is 0.335 e. The second-order valence-electron chi connectivity index (χ2n) is 5.41. The van der Waals surface area contributed by atoms with Crippen LogP contribution in [0.4, 0.5) is 4.79 Å². The Bertz CT molecular complexity index is 532. The Morgan fingerprint density at radius 3 is 2.89 bits per heavy atom. The van der Waals surface area contributed by atoms with Crippen LogP contribution in [-0.2, 0) is 12.8 Å². The van der Waals surface area contributed by atoms with Gasteiger partial charge in [-0.2, -0.15) is 0 Å². The van der Waals surface area contributed by atoms with E-state index in [1.165, 1.54) is 0 Å². The molecule has 1 aromatic heterocycles. The summed E-state index contributed by atoms with van der Waals surface area (Å²) < 4.78 is 0. The fourth-order valence-electron chi connectivity index (χ4n) is 2.96. The van der Waals surface area contributed by atoms with Crippen molar-refractivity contribution in [1.82, 2.24) is 15.2 Å². The van der Waals surface area contributed by atoms with Gasteiger partial charge in [0, 0.05) is 30.9 Å². The minimum Gasteiger partial charge on any atom is -0.335 e. The molecule has 1 aliphatic carbocycles. The minimum absolute atomic E-state index is 0.0432. The molecular weight excluding hydrogens is 242 g/mol. The Morgan fingerprint density at radius 1 is 1.32 bits per heavy atom. The van der Waals surface area contributed by atoms with Gasteiger partial charge in [0.05, 0.1) is 0 Å². The van der Waals surface area contributed by atoms with E-state index in [-0.39, 0.29) is 17.6 Å². The summed E-state index contributed by atoms with van der Waals surface area (Å²) in [6, 6.07) is 3.69. The topological polar surface area (TPSA) is 65.2 Å².